The van der Waals surface area contributed by atoms with Crippen molar-refractivity contribution in [2.24, 2.45) is 0 Å². The molecule has 36 heavy (non-hydrogen) atoms. The summed E-state index contributed by atoms with van der Waals surface area (Å²) in [5.41, 5.74) is 4.24. The molecule has 186 valence electrons. The van der Waals surface area contributed by atoms with Crippen molar-refractivity contribution in [3.8, 4) is 17.2 Å². The van der Waals surface area contributed by atoms with Gasteiger partial charge in [-0.25, -0.2) is 0 Å². The number of hydrogen-bond donors (Lipinski definition) is 1. The number of carbonyl (C=O) groups excluding carboxylic acids is 2. The Bertz CT molecular complexity index is 1350. The van der Waals surface area contributed by atoms with Gasteiger partial charge in [0, 0.05) is 11.3 Å². The largest absolute Gasteiger partial charge is 0.507 e. The normalized spacial score (nSPS) is 16.8. The topological polar surface area (TPSA) is 85.3 Å². The van der Waals surface area contributed by atoms with Crippen molar-refractivity contribution in [2.75, 3.05) is 26.2 Å². The molecule has 3 aromatic carbocycles. The summed E-state index contributed by atoms with van der Waals surface area (Å²) in [4.78, 5) is 28.3. The second-order valence-corrected chi connectivity index (χ2v) is 8.78. The van der Waals surface area contributed by atoms with Gasteiger partial charge < -0.3 is 19.3 Å². The Morgan fingerprint density at radius 1 is 0.806 bits per heavy atom. The Kier molecular flexibility index (Phi) is 6.75. The molecule has 7 nitrogen and oxygen atoms in total. The van der Waals surface area contributed by atoms with Gasteiger partial charge in [0.1, 0.15) is 5.76 Å². The van der Waals surface area contributed by atoms with Crippen LogP contribution >= 0.6 is 0 Å². The maximum absolute atomic E-state index is 13.5. The summed E-state index contributed by atoms with van der Waals surface area (Å²) < 4.78 is 16.5. The van der Waals surface area contributed by atoms with E-state index in [0.29, 0.717) is 34.1 Å². The molecule has 1 fully saturated rings. The van der Waals surface area contributed by atoms with Crippen LogP contribution in [0.25, 0.3) is 5.76 Å². The van der Waals surface area contributed by atoms with Crippen molar-refractivity contribution in [3.63, 3.8) is 0 Å². The Morgan fingerprint density at radius 2 is 1.39 bits per heavy atom. The quantitative estimate of drug-likeness (QED) is 0.290. The maximum atomic E-state index is 13.5. The van der Waals surface area contributed by atoms with Gasteiger partial charge in [-0.15, -0.1) is 0 Å². The van der Waals surface area contributed by atoms with Gasteiger partial charge in [-0.1, -0.05) is 35.4 Å². The monoisotopic (exact) mass is 487 g/mol. The fraction of sp³-hybridized carbons (Fsp3) is 0.241. The first-order valence-corrected chi connectivity index (χ1v) is 11.5. The van der Waals surface area contributed by atoms with E-state index in [9.17, 15) is 14.7 Å². The lowest BCUT2D eigenvalue weighted by molar-refractivity contribution is -0.132. The minimum atomic E-state index is -0.929. The molecule has 1 saturated heterocycles. The number of aryl methyl sites for hydroxylation is 3. The molecule has 0 bridgehead atoms. The van der Waals surface area contributed by atoms with E-state index in [0.717, 1.165) is 16.7 Å². The molecule has 1 aliphatic rings. The van der Waals surface area contributed by atoms with E-state index in [1.54, 1.807) is 30.3 Å². The summed E-state index contributed by atoms with van der Waals surface area (Å²) in [6.07, 6.45) is 0. The number of hydrogen-bond acceptors (Lipinski definition) is 6. The van der Waals surface area contributed by atoms with Gasteiger partial charge in [0.05, 0.1) is 32.9 Å². The number of anilines is 1. The van der Waals surface area contributed by atoms with Crippen LogP contribution in [0, 0.1) is 20.8 Å². The predicted octanol–water partition coefficient (Wildman–Crippen LogP) is 5.26. The summed E-state index contributed by atoms with van der Waals surface area (Å²) in [5.74, 6) is -0.619. The van der Waals surface area contributed by atoms with E-state index in [4.69, 9.17) is 14.2 Å². The summed E-state index contributed by atoms with van der Waals surface area (Å²) in [5, 5.41) is 11.5. The highest BCUT2D eigenvalue weighted by atomic mass is 16.5. The second kappa shape index (κ2) is 9.77. The van der Waals surface area contributed by atoms with Crippen LogP contribution in [0.1, 0.15) is 33.9 Å². The van der Waals surface area contributed by atoms with Crippen LogP contribution in [0.5, 0.6) is 17.2 Å². The third-order valence-electron chi connectivity index (χ3n) is 6.41. The lowest BCUT2D eigenvalue weighted by Crippen LogP contribution is -2.29. The van der Waals surface area contributed by atoms with Crippen LogP contribution in [0.4, 0.5) is 5.69 Å². The van der Waals surface area contributed by atoms with Crippen molar-refractivity contribution in [1.82, 2.24) is 0 Å². The number of methoxy groups -OCH3 is 3. The fourth-order valence-electron chi connectivity index (χ4n) is 4.51. The second-order valence-electron chi connectivity index (χ2n) is 8.78. The van der Waals surface area contributed by atoms with E-state index < -0.39 is 17.7 Å². The number of ketones is 1. The predicted molar refractivity (Wildman–Crippen MR) is 138 cm³/mol. The van der Waals surface area contributed by atoms with Crippen molar-refractivity contribution >= 4 is 23.1 Å². The number of benzene rings is 3. The number of amides is 1. The number of carbonyl (C=O) groups is 2. The summed E-state index contributed by atoms with van der Waals surface area (Å²) in [6, 6.07) is 15.3. The number of aliphatic hydroxyl groups is 1. The zero-order valence-corrected chi connectivity index (χ0v) is 21.2. The highest BCUT2D eigenvalue weighted by Crippen LogP contribution is 2.47. The SMILES string of the molecule is COc1cc(C2/C(=C(\O)c3cc(C)ccc3C)C(=O)C(=O)N2c2ccc(C)cc2)cc(OC)c1OC. The van der Waals surface area contributed by atoms with Gasteiger partial charge in [0.15, 0.2) is 11.5 Å². The van der Waals surface area contributed by atoms with Crippen LogP contribution in [0.15, 0.2) is 60.2 Å². The summed E-state index contributed by atoms with van der Waals surface area (Å²) in [6.45, 7) is 5.69. The van der Waals surface area contributed by atoms with Gasteiger partial charge in [0.2, 0.25) is 5.75 Å². The number of aliphatic hydroxyl groups excluding tert-OH is 1. The fourth-order valence-corrected chi connectivity index (χ4v) is 4.51. The Morgan fingerprint density at radius 3 is 1.94 bits per heavy atom. The molecular formula is C29H29NO6. The average Bonchev–Trinajstić information content (AvgIpc) is 3.14. The lowest BCUT2D eigenvalue weighted by Gasteiger charge is -2.27. The third-order valence-corrected chi connectivity index (χ3v) is 6.41. The molecule has 1 atom stereocenters. The number of Topliss-reactive ketones (excluding diaryl/α,β-unsaturated/α-hetero) is 1. The molecule has 0 spiro atoms. The molecule has 1 unspecified atom stereocenters. The van der Waals surface area contributed by atoms with E-state index in [1.165, 1.54) is 26.2 Å². The lowest BCUT2D eigenvalue weighted by atomic mass is 9.92. The minimum absolute atomic E-state index is 0.0106. The molecule has 1 N–H and O–H groups in total. The zero-order chi connectivity index (χ0) is 26.1. The molecular weight excluding hydrogens is 458 g/mol. The maximum Gasteiger partial charge on any atom is 0.300 e. The Hall–Kier alpha value is -4.26. The van der Waals surface area contributed by atoms with Crippen molar-refractivity contribution in [3.05, 3.63) is 88.0 Å². The first-order chi connectivity index (χ1) is 17.2. The summed E-state index contributed by atoms with van der Waals surface area (Å²) in [7, 11) is 4.49. The van der Waals surface area contributed by atoms with Gasteiger partial charge in [-0.05, 0) is 62.2 Å². The standard InChI is InChI=1S/C29H29NO6/c1-16-8-11-20(12-9-16)30-25(19-14-22(34-4)28(36-6)23(15-19)35-5)24(27(32)29(30)33)26(31)21-13-17(2)7-10-18(21)3/h7-15,25,31H,1-6H3/b26-24+. The van der Waals surface area contributed by atoms with Gasteiger partial charge in [-0.2, -0.15) is 0 Å². The van der Waals surface area contributed by atoms with Crippen molar-refractivity contribution in [1.29, 1.82) is 0 Å². The van der Waals surface area contributed by atoms with Crippen LogP contribution in [-0.2, 0) is 9.59 Å². The Labute approximate surface area is 210 Å². The highest BCUT2D eigenvalue weighted by molar-refractivity contribution is 6.51. The van der Waals surface area contributed by atoms with Crippen LogP contribution < -0.4 is 19.1 Å². The zero-order valence-electron chi connectivity index (χ0n) is 21.2. The number of ether oxygens (including phenoxy) is 3. The molecule has 0 aromatic heterocycles. The van der Waals surface area contributed by atoms with Crippen LogP contribution in [-0.4, -0.2) is 38.1 Å². The van der Waals surface area contributed by atoms with Crippen LogP contribution in [0.2, 0.25) is 0 Å². The van der Waals surface area contributed by atoms with E-state index in [-0.39, 0.29) is 11.3 Å². The first kappa shape index (κ1) is 24.9. The van der Waals surface area contributed by atoms with E-state index in [1.807, 2.05) is 45.0 Å². The van der Waals surface area contributed by atoms with E-state index >= 15 is 0 Å². The Balaban J connectivity index is 2.04. The van der Waals surface area contributed by atoms with Crippen molar-refractivity contribution in [2.45, 2.75) is 26.8 Å². The van der Waals surface area contributed by atoms with Crippen molar-refractivity contribution < 1.29 is 28.9 Å². The molecule has 1 amide bonds. The molecule has 1 heterocycles. The summed E-state index contributed by atoms with van der Waals surface area (Å²) >= 11 is 0. The molecule has 1 aliphatic heterocycles. The number of nitrogens with zero attached hydrogens (tertiary/aromatic N) is 1. The number of rotatable bonds is 6. The third kappa shape index (κ3) is 4.17. The van der Waals surface area contributed by atoms with Gasteiger partial charge in [-0.3, -0.25) is 14.5 Å². The smallest absolute Gasteiger partial charge is 0.300 e. The molecule has 4 rings (SSSR count). The average molecular weight is 488 g/mol. The minimum Gasteiger partial charge on any atom is -0.507 e. The van der Waals surface area contributed by atoms with Crippen LogP contribution in [0.3, 0.4) is 0 Å². The molecule has 0 saturated carbocycles. The van der Waals surface area contributed by atoms with Gasteiger partial charge >= 0.3 is 0 Å². The highest BCUT2D eigenvalue weighted by Gasteiger charge is 2.47. The molecule has 3 aromatic rings. The molecule has 0 radical (unpaired) electrons. The first-order valence-electron chi connectivity index (χ1n) is 11.5. The van der Waals surface area contributed by atoms with Gasteiger partial charge in [0.25, 0.3) is 11.7 Å². The molecule has 7 heteroatoms. The molecule has 0 aliphatic carbocycles. The van der Waals surface area contributed by atoms with E-state index in [2.05, 4.69) is 0 Å².